The van der Waals surface area contributed by atoms with Gasteiger partial charge in [-0.3, -0.25) is 9.59 Å². The van der Waals surface area contributed by atoms with Gasteiger partial charge >= 0.3 is 0 Å². The second kappa shape index (κ2) is 9.23. The molecule has 1 unspecified atom stereocenters. The number of nitrogens with zero attached hydrogens (tertiary/aromatic N) is 6. The maximum Gasteiger partial charge on any atom is 0.298 e. The number of nitrogen functional groups attached to an aromatic ring is 1. The van der Waals surface area contributed by atoms with E-state index in [4.69, 9.17) is 10.7 Å². The number of anilines is 2. The van der Waals surface area contributed by atoms with Crippen LogP contribution in [0.3, 0.4) is 0 Å². The number of amides is 2. The van der Waals surface area contributed by atoms with Gasteiger partial charge in [0.05, 0.1) is 5.69 Å². The number of carbonyl (C=O) groups is 2. The zero-order valence-corrected chi connectivity index (χ0v) is 19.0. The molecule has 2 amide bonds. The van der Waals surface area contributed by atoms with Crippen LogP contribution < -0.4 is 11.1 Å². The van der Waals surface area contributed by atoms with Crippen LogP contribution in [0.5, 0.6) is 0 Å². The second-order valence-corrected chi connectivity index (χ2v) is 8.07. The fourth-order valence-corrected chi connectivity index (χ4v) is 4.19. The normalized spacial score (nSPS) is 15.0. The molecule has 3 aromatic heterocycles. The largest absolute Gasteiger partial charge is 0.369 e. The van der Waals surface area contributed by atoms with E-state index in [9.17, 15) is 9.59 Å². The summed E-state index contributed by atoms with van der Waals surface area (Å²) in [6.07, 6.45) is 3.77. The monoisotopic (exact) mass is 466 g/mol. The van der Waals surface area contributed by atoms with Gasteiger partial charge in [-0.25, -0.2) is 24.3 Å². The minimum atomic E-state index is -0.266. The topological polar surface area (TPSA) is 131 Å². The second-order valence-electron chi connectivity index (χ2n) is 8.07. The average Bonchev–Trinajstić information content (AvgIpc) is 3.51. The van der Waals surface area contributed by atoms with Crippen molar-refractivity contribution in [3.8, 4) is 23.2 Å². The molecule has 0 spiro atoms. The molecular weight excluding hydrogens is 444 g/mol. The van der Waals surface area contributed by atoms with Crippen molar-refractivity contribution < 1.29 is 9.59 Å². The summed E-state index contributed by atoms with van der Waals surface area (Å²) in [6.45, 7) is 2.76. The predicted molar refractivity (Wildman–Crippen MR) is 130 cm³/mol. The molecule has 0 saturated carbocycles. The van der Waals surface area contributed by atoms with Crippen LogP contribution in [0.25, 0.3) is 17.0 Å². The van der Waals surface area contributed by atoms with Crippen molar-refractivity contribution in [2.75, 3.05) is 24.1 Å². The maximum atomic E-state index is 12.6. The first-order chi connectivity index (χ1) is 17.0. The molecule has 0 aliphatic carbocycles. The van der Waals surface area contributed by atoms with E-state index < -0.39 is 0 Å². The lowest BCUT2D eigenvalue weighted by Crippen LogP contribution is -2.27. The van der Waals surface area contributed by atoms with Gasteiger partial charge in [0.25, 0.3) is 11.8 Å². The Kier molecular flexibility index (Phi) is 5.81. The molecule has 1 aliphatic heterocycles. The number of rotatable bonds is 4. The number of likely N-dealkylation sites (tertiary alicyclic amines) is 1. The first-order valence-corrected chi connectivity index (χ1v) is 11.1. The summed E-state index contributed by atoms with van der Waals surface area (Å²) in [5.74, 6) is 6.10. The van der Waals surface area contributed by atoms with Gasteiger partial charge in [-0.05, 0) is 43.5 Å². The summed E-state index contributed by atoms with van der Waals surface area (Å²) in [6, 6.07) is 12.3. The van der Waals surface area contributed by atoms with Crippen molar-refractivity contribution >= 4 is 29.2 Å². The third-order valence-corrected chi connectivity index (χ3v) is 5.88. The summed E-state index contributed by atoms with van der Waals surface area (Å²) >= 11 is 0. The van der Waals surface area contributed by atoms with E-state index in [-0.39, 0.29) is 23.7 Å². The van der Waals surface area contributed by atoms with E-state index in [1.165, 1.54) is 6.33 Å². The van der Waals surface area contributed by atoms with Crippen LogP contribution in [0.2, 0.25) is 0 Å². The van der Waals surface area contributed by atoms with Crippen molar-refractivity contribution in [1.82, 2.24) is 29.2 Å². The predicted octanol–water partition coefficient (Wildman–Crippen LogP) is 2.36. The molecule has 4 heterocycles. The molecule has 1 aliphatic rings. The Balaban J connectivity index is 1.45. The molecule has 10 nitrogen and oxygen atoms in total. The third kappa shape index (κ3) is 4.27. The van der Waals surface area contributed by atoms with Crippen LogP contribution in [0.15, 0.2) is 55.0 Å². The van der Waals surface area contributed by atoms with Crippen molar-refractivity contribution in [1.29, 1.82) is 0 Å². The lowest BCUT2D eigenvalue weighted by Gasteiger charge is -2.12. The summed E-state index contributed by atoms with van der Waals surface area (Å²) in [5, 5.41) is 2.77. The molecule has 0 bridgehead atoms. The Morgan fingerprint density at radius 3 is 2.69 bits per heavy atom. The fraction of sp³-hybridized carbons (Fsp3) is 0.200. The Morgan fingerprint density at radius 1 is 1.11 bits per heavy atom. The van der Waals surface area contributed by atoms with Crippen LogP contribution in [-0.4, -0.2) is 54.1 Å². The highest BCUT2D eigenvalue weighted by Crippen LogP contribution is 2.33. The van der Waals surface area contributed by atoms with E-state index in [0.717, 1.165) is 17.7 Å². The Labute approximate surface area is 201 Å². The number of nitrogens with two attached hydrogens (primary N) is 1. The van der Waals surface area contributed by atoms with E-state index >= 15 is 0 Å². The van der Waals surface area contributed by atoms with Crippen LogP contribution in [0, 0.1) is 11.8 Å². The van der Waals surface area contributed by atoms with E-state index in [1.54, 1.807) is 64.9 Å². The number of hydrogen-bond donors (Lipinski definition) is 2. The lowest BCUT2D eigenvalue weighted by atomic mass is 10.1. The molecule has 1 fully saturated rings. The van der Waals surface area contributed by atoms with Crippen LogP contribution >= 0.6 is 0 Å². The maximum absolute atomic E-state index is 12.6. The zero-order valence-electron chi connectivity index (χ0n) is 19.0. The number of hydrogen-bond acceptors (Lipinski definition) is 7. The van der Waals surface area contributed by atoms with Crippen molar-refractivity contribution in [2.45, 2.75) is 19.3 Å². The molecule has 174 valence electrons. The van der Waals surface area contributed by atoms with E-state index in [2.05, 4.69) is 32.1 Å². The van der Waals surface area contributed by atoms with E-state index in [1.807, 2.05) is 0 Å². The zero-order chi connectivity index (χ0) is 24.4. The van der Waals surface area contributed by atoms with E-state index in [0.29, 0.717) is 35.9 Å². The molecule has 1 saturated heterocycles. The van der Waals surface area contributed by atoms with Crippen molar-refractivity contribution in [3.63, 3.8) is 0 Å². The molecule has 1 aromatic carbocycles. The number of fused-ring (bicyclic) bond motifs is 1. The van der Waals surface area contributed by atoms with Crippen molar-refractivity contribution in [3.05, 3.63) is 66.2 Å². The minimum Gasteiger partial charge on any atom is -0.369 e. The summed E-state index contributed by atoms with van der Waals surface area (Å²) in [5.41, 5.74) is 8.79. The standard InChI is InChI=1S/C25H22N8O2/c1-2-5-20(34)32-13-11-18(14-32)21-23-28-15-29-25(26)33(23)22(31-21)16-7-9-17(10-8-16)24(35)30-19-6-3-4-12-27-19/h3-4,6-10,12,15,18H,11,13-14H2,1H3,(H2,26,28,29)(H,27,30,35). The smallest absolute Gasteiger partial charge is 0.298 e. The first kappa shape index (κ1) is 22.0. The van der Waals surface area contributed by atoms with Crippen molar-refractivity contribution in [2.24, 2.45) is 0 Å². The van der Waals surface area contributed by atoms with Gasteiger partial charge in [-0.2, -0.15) is 0 Å². The molecule has 4 aromatic rings. The van der Waals surface area contributed by atoms with Crippen LogP contribution in [0.1, 0.15) is 35.3 Å². The number of benzene rings is 1. The van der Waals surface area contributed by atoms with Crippen LogP contribution in [-0.2, 0) is 4.79 Å². The summed E-state index contributed by atoms with van der Waals surface area (Å²) < 4.78 is 1.70. The molecule has 10 heteroatoms. The van der Waals surface area contributed by atoms with Crippen LogP contribution in [0.4, 0.5) is 11.8 Å². The highest BCUT2D eigenvalue weighted by atomic mass is 16.2. The first-order valence-electron chi connectivity index (χ1n) is 11.1. The number of nitrogens with one attached hydrogen (secondary N) is 1. The average molecular weight is 467 g/mol. The molecule has 35 heavy (non-hydrogen) atoms. The molecule has 0 radical (unpaired) electrons. The number of carbonyl (C=O) groups excluding carboxylic acids is 2. The molecular formula is C25H22N8O2. The molecule has 5 rings (SSSR count). The van der Waals surface area contributed by atoms with Gasteiger partial charge < -0.3 is 16.0 Å². The number of aromatic nitrogens is 5. The van der Waals surface area contributed by atoms with Gasteiger partial charge in [0.1, 0.15) is 18.0 Å². The Bertz CT molecular complexity index is 1470. The van der Waals surface area contributed by atoms with Gasteiger partial charge in [0.2, 0.25) is 5.95 Å². The fourth-order valence-electron chi connectivity index (χ4n) is 4.19. The van der Waals surface area contributed by atoms with Gasteiger partial charge in [-0.15, -0.1) is 0 Å². The summed E-state index contributed by atoms with van der Waals surface area (Å²) in [7, 11) is 0. The highest BCUT2D eigenvalue weighted by Gasteiger charge is 2.31. The van der Waals surface area contributed by atoms with Gasteiger partial charge in [-0.1, -0.05) is 24.1 Å². The Morgan fingerprint density at radius 2 is 1.94 bits per heavy atom. The number of pyridine rings is 1. The number of imidazole rings is 1. The lowest BCUT2D eigenvalue weighted by molar-refractivity contribution is -0.124. The minimum absolute atomic E-state index is 0.000852. The highest BCUT2D eigenvalue weighted by molar-refractivity contribution is 6.04. The molecule has 1 atom stereocenters. The van der Waals surface area contributed by atoms with Gasteiger partial charge in [0.15, 0.2) is 5.65 Å². The Hall–Kier alpha value is -4.78. The SMILES string of the molecule is CC#CC(=O)N1CCC(c2nc(-c3ccc(C(=O)Nc4ccccn4)cc3)n3c(N)ncnc23)C1. The third-order valence-electron chi connectivity index (χ3n) is 5.88. The summed E-state index contributed by atoms with van der Waals surface area (Å²) in [4.78, 5) is 44.1. The molecule has 3 N–H and O–H groups in total. The van der Waals surface area contributed by atoms with Gasteiger partial charge in [0, 0.05) is 36.3 Å². The quantitative estimate of drug-likeness (QED) is 0.441.